The van der Waals surface area contributed by atoms with Crippen molar-refractivity contribution in [2.45, 2.75) is 45.6 Å². The molecular weight excluding hydrogens is 290 g/mol. The van der Waals surface area contributed by atoms with Gasteiger partial charge in [0.1, 0.15) is 0 Å². The minimum atomic E-state index is -3.79. The smallest absolute Gasteiger partial charge is 0.241 e. The molecule has 7 heteroatoms. The molecule has 0 aromatic heterocycles. The van der Waals surface area contributed by atoms with E-state index in [9.17, 15) is 13.2 Å². The molecule has 0 atom stereocenters. The van der Waals surface area contributed by atoms with E-state index in [1.54, 1.807) is 26.8 Å². The van der Waals surface area contributed by atoms with Crippen LogP contribution in [0.4, 0.5) is 5.69 Å². The number of rotatable bonds is 5. The molecule has 0 radical (unpaired) electrons. The molecule has 4 N–H and O–H groups in total. The van der Waals surface area contributed by atoms with Crippen LogP contribution in [0, 0.1) is 20.8 Å². The maximum atomic E-state index is 12.4. The Morgan fingerprint density at radius 2 is 1.81 bits per heavy atom. The minimum absolute atomic E-state index is 0.0416. The van der Waals surface area contributed by atoms with Crippen LogP contribution < -0.4 is 15.8 Å². The number of hydrogen-bond donors (Lipinski definition) is 3. The fourth-order valence-corrected chi connectivity index (χ4v) is 3.60. The highest BCUT2D eigenvalue weighted by Gasteiger charge is 2.23. The fourth-order valence-electron chi connectivity index (χ4n) is 2.05. The standard InChI is InChI=1S/C14H23N3O3S/c1-8(2)17-13(18)7-16-21(19,20)14-10(4)9(3)6-12(15)11(14)5/h6,8,16H,7,15H2,1-5H3,(H,17,18). The first-order chi connectivity index (χ1) is 9.56. The summed E-state index contributed by atoms with van der Waals surface area (Å²) in [6.07, 6.45) is 0. The molecule has 21 heavy (non-hydrogen) atoms. The van der Waals surface area contributed by atoms with Crippen LogP contribution in [0.1, 0.15) is 30.5 Å². The van der Waals surface area contributed by atoms with E-state index >= 15 is 0 Å². The molecule has 0 bridgehead atoms. The summed E-state index contributed by atoms with van der Waals surface area (Å²) in [5, 5.41) is 2.63. The highest BCUT2D eigenvalue weighted by molar-refractivity contribution is 7.89. The van der Waals surface area contributed by atoms with Crippen LogP contribution in [-0.2, 0) is 14.8 Å². The van der Waals surface area contributed by atoms with Crippen LogP contribution in [0.5, 0.6) is 0 Å². The van der Waals surface area contributed by atoms with Gasteiger partial charge in [0.05, 0.1) is 11.4 Å². The van der Waals surface area contributed by atoms with Crippen LogP contribution in [0.2, 0.25) is 0 Å². The van der Waals surface area contributed by atoms with Gasteiger partial charge in [0.2, 0.25) is 15.9 Å². The van der Waals surface area contributed by atoms with Gasteiger partial charge in [-0.15, -0.1) is 0 Å². The van der Waals surface area contributed by atoms with Crippen molar-refractivity contribution in [1.82, 2.24) is 10.0 Å². The van der Waals surface area contributed by atoms with E-state index in [0.717, 1.165) is 5.56 Å². The van der Waals surface area contributed by atoms with Crippen molar-refractivity contribution in [3.8, 4) is 0 Å². The summed E-state index contributed by atoms with van der Waals surface area (Å²) in [6, 6.07) is 1.70. The van der Waals surface area contributed by atoms with Crippen LogP contribution in [0.25, 0.3) is 0 Å². The van der Waals surface area contributed by atoms with Gasteiger partial charge in [0.25, 0.3) is 0 Å². The van der Waals surface area contributed by atoms with E-state index < -0.39 is 10.0 Å². The van der Waals surface area contributed by atoms with Gasteiger partial charge in [0.15, 0.2) is 0 Å². The van der Waals surface area contributed by atoms with Gasteiger partial charge in [-0.3, -0.25) is 4.79 Å². The Labute approximate surface area is 126 Å². The monoisotopic (exact) mass is 313 g/mol. The molecule has 0 saturated carbocycles. The number of sulfonamides is 1. The number of anilines is 1. The molecule has 1 aromatic rings. The fraction of sp³-hybridized carbons (Fsp3) is 0.500. The highest BCUT2D eigenvalue weighted by Crippen LogP contribution is 2.27. The number of amides is 1. The average molecular weight is 313 g/mol. The van der Waals surface area contributed by atoms with Gasteiger partial charge < -0.3 is 11.1 Å². The Kier molecular flexibility index (Phi) is 5.36. The number of nitrogens with one attached hydrogen (secondary N) is 2. The molecule has 6 nitrogen and oxygen atoms in total. The quantitative estimate of drug-likeness (QED) is 0.706. The molecule has 0 aliphatic carbocycles. The van der Waals surface area contributed by atoms with Gasteiger partial charge in [0, 0.05) is 11.7 Å². The Morgan fingerprint density at radius 1 is 1.24 bits per heavy atom. The Bertz CT molecular complexity index is 626. The maximum absolute atomic E-state index is 12.4. The Morgan fingerprint density at radius 3 is 2.33 bits per heavy atom. The molecule has 0 aliphatic rings. The Balaban J connectivity index is 3.07. The van der Waals surface area contributed by atoms with Crippen LogP contribution >= 0.6 is 0 Å². The SMILES string of the molecule is Cc1cc(N)c(C)c(S(=O)(=O)NCC(=O)NC(C)C)c1C. The first kappa shape index (κ1) is 17.5. The van der Waals surface area contributed by atoms with Gasteiger partial charge in [-0.05, 0) is 57.4 Å². The minimum Gasteiger partial charge on any atom is -0.398 e. The summed E-state index contributed by atoms with van der Waals surface area (Å²) in [4.78, 5) is 11.7. The zero-order chi connectivity index (χ0) is 16.4. The van der Waals surface area contributed by atoms with E-state index in [1.807, 2.05) is 13.8 Å². The topological polar surface area (TPSA) is 101 Å². The lowest BCUT2D eigenvalue weighted by atomic mass is 10.1. The molecular formula is C14H23N3O3S. The summed E-state index contributed by atoms with van der Waals surface area (Å²) in [6.45, 7) is 8.50. The summed E-state index contributed by atoms with van der Waals surface area (Å²) in [5.74, 6) is -0.371. The second-order valence-corrected chi connectivity index (χ2v) is 7.11. The maximum Gasteiger partial charge on any atom is 0.241 e. The normalized spacial score (nSPS) is 11.7. The number of benzene rings is 1. The molecule has 118 valence electrons. The number of nitrogen functional groups attached to an aromatic ring is 1. The van der Waals surface area contributed by atoms with Gasteiger partial charge in [-0.25, -0.2) is 13.1 Å². The lowest BCUT2D eigenvalue weighted by molar-refractivity contribution is -0.120. The summed E-state index contributed by atoms with van der Waals surface area (Å²) >= 11 is 0. The second-order valence-electron chi connectivity index (χ2n) is 5.41. The lowest BCUT2D eigenvalue weighted by Gasteiger charge is -2.16. The average Bonchev–Trinajstić information content (AvgIpc) is 2.33. The largest absolute Gasteiger partial charge is 0.398 e. The first-order valence-corrected chi connectivity index (χ1v) is 8.20. The second kappa shape index (κ2) is 6.44. The predicted octanol–water partition coefficient (Wildman–Crippen LogP) is 0.997. The summed E-state index contributed by atoms with van der Waals surface area (Å²) in [5.41, 5.74) is 8.19. The van der Waals surface area contributed by atoms with E-state index in [0.29, 0.717) is 16.8 Å². The van der Waals surface area contributed by atoms with Crippen molar-refractivity contribution >= 4 is 21.6 Å². The van der Waals surface area contributed by atoms with E-state index in [1.165, 1.54) is 0 Å². The number of aryl methyl sites for hydroxylation is 1. The number of hydrogen-bond acceptors (Lipinski definition) is 4. The third-order valence-corrected chi connectivity index (χ3v) is 4.89. The molecule has 0 fully saturated rings. The molecule has 1 aromatic carbocycles. The van der Waals surface area contributed by atoms with E-state index in [4.69, 9.17) is 5.73 Å². The Hall–Kier alpha value is -1.60. The zero-order valence-electron chi connectivity index (χ0n) is 13.1. The van der Waals surface area contributed by atoms with Gasteiger partial charge in [-0.1, -0.05) is 0 Å². The lowest BCUT2D eigenvalue weighted by Crippen LogP contribution is -2.40. The van der Waals surface area contributed by atoms with Crippen molar-refractivity contribution in [1.29, 1.82) is 0 Å². The van der Waals surface area contributed by atoms with Crippen LogP contribution in [-0.4, -0.2) is 26.9 Å². The van der Waals surface area contributed by atoms with E-state index in [2.05, 4.69) is 10.0 Å². The first-order valence-electron chi connectivity index (χ1n) is 6.71. The number of carbonyl (C=O) groups is 1. The zero-order valence-corrected chi connectivity index (χ0v) is 13.9. The molecule has 1 amide bonds. The third kappa shape index (κ3) is 4.18. The van der Waals surface area contributed by atoms with Crippen molar-refractivity contribution in [3.05, 3.63) is 22.8 Å². The van der Waals surface area contributed by atoms with Crippen molar-refractivity contribution < 1.29 is 13.2 Å². The molecule has 0 spiro atoms. The van der Waals surface area contributed by atoms with Gasteiger partial charge in [-0.2, -0.15) is 0 Å². The van der Waals surface area contributed by atoms with Crippen LogP contribution in [0.3, 0.4) is 0 Å². The van der Waals surface area contributed by atoms with Crippen LogP contribution in [0.15, 0.2) is 11.0 Å². The number of carbonyl (C=O) groups excluding carboxylic acids is 1. The third-order valence-electron chi connectivity index (χ3n) is 3.22. The molecule has 0 heterocycles. The van der Waals surface area contributed by atoms with Crippen molar-refractivity contribution in [3.63, 3.8) is 0 Å². The predicted molar refractivity (Wildman–Crippen MR) is 83.5 cm³/mol. The van der Waals surface area contributed by atoms with Crippen molar-refractivity contribution in [2.24, 2.45) is 0 Å². The van der Waals surface area contributed by atoms with Gasteiger partial charge >= 0.3 is 0 Å². The highest BCUT2D eigenvalue weighted by atomic mass is 32.2. The summed E-state index contributed by atoms with van der Waals surface area (Å²) < 4.78 is 27.2. The summed E-state index contributed by atoms with van der Waals surface area (Å²) in [7, 11) is -3.79. The molecule has 1 rings (SSSR count). The molecule has 0 unspecified atom stereocenters. The van der Waals surface area contributed by atoms with Crippen molar-refractivity contribution in [2.75, 3.05) is 12.3 Å². The van der Waals surface area contributed by atoms with E-state index in [-0.39, 0.29) is 23.4 Å². The molecule has 0 saturated heterocycles. The number of nitrogens with two attached hydrogens (primary N) is 1. The molecule has 0 aliphatic heterocycles.